The van der Waals surface area contributed by atoms with E-state index in [1.807, 2.05) is 0 Å². The molecule has 0 bridgehead atoms. The molecule has 110 valence electrons. The predicted molar refractivity (Wildman–Crippen MR) is 79.8 cm³/mol. The molecule has 21 heavy (non-hydrogen) atoms. The molecule has 6 nitrogen and oxygen atoms in total. The van der Waals surface area contributed by atoms with Gasteiger partial charge in [-0.05, 0) is 38.1 Å². The van der Waals surface area contributed by atoms with E-state index in [1.54, 1.807) is 50.2 Å². The first-order valence-electron chi connectivity index (χ1n) is 6.45. The van der Waals surface area contributed by atoms with E-state index in [1.165, 1.54) is 6.07 Å². The molecule has 2 rings (SSSR count). The van der Waals surface area contributed by atoms with Gasteiger partial charge in [-0.25, -0.2) is 0 Å². The lowest BCUT2D eigenvalue weighted by atomic mass is 10.2. The maximum Gasteiger partial charge on any atom is 0.352 e. The quantitative estimate of drug-likeness (QED) is 0.514. The summed E-state index contributed by atoms with van der Waals surface area (Å²) in [5.74, 6) is 0.625. The summed E-state index contributed by atoms with van der Waals surface area (Å²) in [6.45, 7) is 3.60. The lowest BCUT2D eigenvalue weighted by molar-refractivity contribution is -0.386. The van der Waals surface area contributed by atoms with Crippen molar-refractivity contribution in [2.45, 2.75) is 20.0 Å². The highest BCUT2D eigenvalue weighted by atomic mass is 16.6. The Balaban J connectivity index is 2.44. The van der Waals surface area contributed by atoms with Crippen molar-refractivity contribution in [3.8, 4) is 17.2 Å². The first kappa shape index (κ1) is 14.6. The highest BCUT2D eigenvalue weighted by Gasteiger charge is 2.24. The van der Waals surface area contributed by atoms with Crippen LogP contribution in [0.5, 0.6) is 17.2 Å². The van der Waals surface area contributed by atoms with Crippen LogP contribution in [-0.2, 0) is 0 Å². The van der Waals surface area contributed by atoms with Crippen molar-refractivity contribution in [2.24, 2.45) is 0 Å². The molecular formula is C15H16N2O4. The lowest BCUT2D eigenvalue weighted by Gasteiger charge is -2.13. The van der Waals surface area contributed by atoms with E-state index >= 15 is 0 Å². The van der Waals surface area contributed by atoms with Gasteiger partial charge in [-0.15, -0.1) is 0 Å². The molecule has 0 spiro atoms. The second kappa shape index (κ2) is 6.13. The van der Waals surface area contributed by atoms with Gasteiger partial charge in [0.25, 0.3) is 0 Å². The Labute approximate surface area is 122 Å². The molecule has 0 radical (unpaired) electrons. The molecule has 0 aliphatic rings. The number of anilines is 1. The van der Waals surface area contributed by atoms with E-state index in [2.05, 4.69) is 0 Å². The topological polar surface area (TPSA) is 87.6 Å². The third-order valence-corrected chi connectivity index (χ3v) is 2.65. The summed E-state index contributed by atoms with van der Waals surface area (Å²) in [7, 11) is 0. The second-order valence-electron chi connectivity index (χ2n) is 4.67. The minimum absolute atomic E-state index is 0.0936. The molecule has 0 aliphatic heterocycles. The summed E-state index contributed by atoms with van der Waals surface area (Å²) in [6, 6.07) is 11.5. The molecule has 6 heteroatoms. The van der Waals surface area contributed by atoms with Crippen molar-refractivity contribution in [1.29, 1.82) is 0 Å². The van der Waals surface area contributed by atoms with Crippen LogP contribution in [-0.4, -0.2) is 11.0 Å². The predicted octanol–water partition coefficient (Wildman–Crippen LogP) is 3.76. The van der Waals surface area contributed by atoms with Crippen molar-refractivity contribution in [2.75, 3.05) is 5.73 Å². The van der Waals surface area contributed by atoms with E-state index in [9.17, 15) is 10.1 Å². The first-order chi connectivity index (χ1) is 9.99. The van der Waals surface area contributed by atoms with Gasteiger partial charge in [0.05, 0.1) is 16.7 Å². The molecule has 0 aromatic heterocycles. The number of nitrogens with zero attached hydrogens (tertiary/aromatic N) is 1. The summed E-state index contributed by atoms with van der Waals surface area (Å²) in [5.41, 5.74) is 5.98. The van der Waals surface area contributed by atoms with Gasteiger partial charge in [-0.1, -0.05) is 18.2 Å². The molecule has 0 heterocycles. The SMILES string of the molecule is CC(C)Oc1cccc(Oc2ccccc2N)c1[N+](=O)[O-]. The normalized spacial score (nSPS) is 10.4. The average molecular weight is 288 g/mol. The van der Waals surface area contributed by atoms with Crippen LogP contribution in [0, 0.1) is 10.1 Å². The van der Waals surface area contributed by atoms with Crippen LogP contribution in [0.15, 0.2) is 42.5 Å². The van der Waals surface area contributed by atoms with Crippen LogP contribution in [0.3, 0.4) is 0 Å². The molecule has 0 atom stereocenters. The van der Waals surface area contributed by atoms with E-state index in [4.69, 9.17) is 15.2 Å². The standard InChI is InChI=1S/C15H16N2O4/c1-10(2)20-13-8-5-9-14(15(13)17(18)19)21-12-7-4-3-6-11(12)16/h3-10H,16H2,1-2H3. The number of benzene rings is 2. The second-order valence-corrected chi connectivity index (χ2v) is 4.67. The van der Waals surface area contributed by atoms with Gasteiger partial charge in [0.2, 0.25) is 11.5 Å². The van der Waals surface area contributed by atoms with Crippen molar-refractivity contribution in [3.05, 3.63) is 52.6 Å². The van der Waals surface area contributed by atoms with E-state index in [0.717, 1.165) is 0 Å². The molecule has 2 N–H and O–H groups in total. The summed E-state index contributed by atoms with van der Waals surface area (Å²) in [6.07, 6.45) is -0.180. The minimum Gasteiger partial charge on any atom is -0.484 e. The fourth-order valence-corrected chi connectivity index (χ4v) is 1.81. The smallest absolute Gasteiger partial charge is 0.352 e. The number of hydrogen-bond acceptors (Lipinski definition) is 5. The molecule has 2 aromatic carbocycles. The number of ether oxygens (including phenoxy) is 2. The molecule has 0 amide bonds. The molecule has 0 fully saturated rings. The average Bonchev–Trinajstić information content (AvgIpc) is 2.40. The van der Waals surface area contributed by atoms with Crippen LogP contribution >= 0.6 is 0 Å². The van der Waals surface area contributed by atoms with Crippen LogP contribution in [0.2, 0.25) is 0 Å². The third kappa shape index (κ3) is 3.42. The van der Waals surface area contributed by atoms with E-state index in [-0.39, 0.29) is 23.3 Å². The first-order valence-corrected chi connectivity index (χ1v) is 6.45. The largest absolute Gasteiger partial charge is 0.484 e. The zero-order chi connectivity index (χ0) is 15.4. The summed E-state index contributed by atoms with van der Waals surface area (Å²) in [5, 5.41) is 11.3. The van der Waals surface area contributed by atoms with Gasteiger partial charge in [0.15, 0.2) is 5.75 Å². The summed E-state index contributed by atoms with van der Waals surface area (Å²) >= 11 is 0. The Bertz CT molecular complexity index is 656. The zero-order valence-corrected chi connectivity index (χ0v) is 11.8. The number of nitro groups is 1. The van der Waals surface area contributed by atoms with Gasteiger partial charge in [0.1, 0.15) is 0 Å². The Kier molecular flexibility index (Phi) is 4.27. The molecule has 0 saturated heterocycles. The highest BCUT2D eigenvalue weighted by molar-refractivity contribution is 5.61. The fourth-order valence-electron chi connectivity index (χ4n) is 1.81. The number of para-hydroxylation sites is 3. The van der Waals surface area contributed by atoms with Crippen LogP contribution < -0.4 is 15.2 Å². The zero-order valence-electron chi connectivity index (χ0n) is 11.8. The molecule has 0 aliphatic carbocycles. The van der Waals surface area contributed by atoms with Gasteiger partial charge >= 0.3 is 5.69 Å². The van der Waals surface area contributed by atoms with Crippen LogP contribution in [0.4, 0.5) is 11.4 Å². The number of nitrogens with two attached hydrogens (primary N) is 1. The van der Waals surface area contributed by atoms with E-state index < -0.39 is 4.92 Å². The van der Waals surface area contributed by atoms with Crippen LogP contribution in [0.25, 0.3) is 0 Å². The third-order valence-electron chi connectivity index (χ3n) is 2.65. The minimum atomic E-state index is -0.522. The maximum atomic E-state index is 11.3. The highest BCUT2D eigenvalue weighted by Crippen LogP contribution is 2.40. The van der Waals surface area contributed by atoms with Gasteiger partial charge in [0, 0.05) is 0 Å². The van der Waals surface area contributed by atoms with Crippen molar-refractivity contribution >= 4 is 11.4 Å². The van der Waals surface area contributed by atoms with Gasteiger partial charge in [-0.3, -0.25) is 10.1 Å². The number of hydrogen-bond donors (Lipinski definition) is 1. The van der Waals surface area contributed by atoms with E-state index in [0.29, 0.717) is 11.4 Å². The van der Waals surface area contributed by atoms with Crippen molar-refractivity contribution in [1.82, 2.24) is 0 Å². The Hall–Kier alpha value is -2.76. The maximum absolute atomic E-state index is 11.3. The number of nitro benzene ring substituents is 1. The molecular weight excluding hydrogens is 272 g/mol. The van der Waals surface area contributed by atoms with Crippen LogP contribution in [0.1, 0.15) is 13.8 Å². The monoisotopic (exact) mass is 288 g/mol. The molecule has 2 aromatic rings. The Morgan fingerprint density at radius 2 is 1.67 bits per heavy atom. The molecule has 0 saturated carbocycles. The van der Waals surface area contributed by atoms with Gasteiger partial charge in [-0.2, -0.15) is 0 Å². The number of rotatable bonds is 5. The fraction of sp³-hybridized carbons (Fsp3) is 0.200. The Morgan fingerprint density at radius 3 is 2.29 bits per heavy atom. The van der Waals surface area contributed by atoms with Gasteiger partial charge < -0.3 is 15.2 Å². The number of nitrogen functional groups attached to an aromatic ring is 1. The van der Waals surface area contributed by atoms with Crippen molar-refractivity contribution < 1.29 is 14.4 Å². The lowest BCUT2D eigenvalue weighted by Crippen LogP contribution is -2.08. The Morgan fingerprint density at radius 1 is 1.05 bits per heavy atom. The van der Waals surface area contributed by atoms with Crippen molar-refractivity contribution in [3.63, 3.8) is 0 Å². The summed E-state index contributed by atoms with van der Waals surface area (Å²) < 4.78 is 11.0. The molecule has 0 unspecified atom stereocenters. The summed E-state index contributed by atoms with van der Waals surface area (Å²) in [4.78, 5) is 10.8.